The van der Waals surface area contributed by atoms with Gasteiger partial charge < -0.3 is 39.0 Å². The van der Waals surface area contributed by atoms with Crippen LogP contribution in [-0.2, 0) is 42.9 Å². The van der Waals surface area contributed by atoms with Crippen LogP contribution < -0.4 is 0 Å². The van der Waals surface area contributed by atoms with Crippen LogP contribution in [0, 0.1) is 0 Å². The third kappa shape index (κ3) is 42.5. The van der Waals surface area contributed by atoms with Gasteiger partial charge in [-0.1, -0.05) is 202 Å². The summed E-state index contributed by atoms with van der Waals surface area (Å²) in [5.74, 6) is -3.18. The third-order valence-electron chi connectivity index (χ3n) is 13.4. The van der Waals surface area contributed by atoms with Gasteiger partial charge in [0.05, 0.1) is 6.61 Å². The Morgan fingerprint density at radius 1 is 0.442 bits per heavy atom. The number of ether oxygens (including phenoxy) is 5. The molecule has 12 heteroatoms. The minimum absolute atomic E-state index is 0.0436. The molecule has 6 atom stereocenters. The maximum Gasteiger partial charge on any atom is 0.335 e. The Labute approximate surface area is 467 Å². The van der Waals surface area contributed by atoms with Crippen molar-refractivity contribution in [2.45, 2.75) is 289 Å². The highest BCUT2D eigenvalue weighted by Gasteiger charge is 2.50. The second kappa shape index (κ2) is 52.6. The van der Waals surface area contributed by atoms with Crippen molar-refractivity contribution in [1.82, 2.24) is 0 Å². The van der Waals surface area contributed by atoms with Crippen molar-refractivity contribution in [3.63, 3.8) is 0 Å². The number of carboxylic acids is 1. The van der Waals surface area contributed by atoms with Gasteiger partial charge >= 0.3 is 23.9 Å². The van der Waals surface area contributed by atoms with E-state index in [4.69, 9.17) is 23.7 Å². The van der Waals surface area contributed by atoms with Crippen molar-refractivity contribution >= 4 is 23.9 Å². The normalized spacial score (nSPS) is 18.6. The first-order valence-electron chi connectivity index (χ1n) is 30.6. The van der Waals surface area contributed by atoms with E-state index >= 15 is 0 Å². The minimum atomic E-state index is -1.91. The number of hydrogen-bond acceptors (Lipinski definition) is 11. The minimum Gasteiger partial charge on any atom is -0.479 e. The first-order valence-corrected chi connectivity index (χ1v) is 30.6. The molecular formula is C65H108O12. The number of aliphatic carboxylic acids is 1. The van der Waals surface area contributed by atoms with Crippen LogP contribution in [0.2, 0.25) is 0 Å². The second-order valence-electron chi connectivity index (χ2n) is 20.6. The second-order valence-corrected chi connectivity index (χ2v) is 20.6. The van der Waals surface area contributed by atoms with Gasteiger partial charge in [-0.25, -0.2) is 4.79 Å². The van der Waals surface area contributed by atoms with E-state index in [-0.39, 0.29) is 25.9 Å². The molecule has 1 aliphatic heterocycles. The van der Waals surface area contributed by atoms with E-state index in [1.54, 1.807) is 0 Å². The monoisotopic (exact) mass is 1080 g/mol. The van der Waals surface area contributed by atoms with Gasteiger partial charge in [0, 0.05) is 19.3 Å². The Kier molecular flexibility index (Phi) is 48.4. The molecule has 77 heavy (non-hydrogen) atoms. The van der Waals surface area contributed by atoms with Crippen LogP contribution in [-0.4, -0.2) is 89.2 Å². The van der Waals surface area contributed by atoms with Gasteiger partial charge in [0.25, 0.3) is 0 Å². The zero-order chi connectivity index (χ0) is 56.1. The highest BCUT2D eigenvalue weighted by molar-refractivity contribution is 5.74. The summed E-state index contributed by atoms with van der Waals surface area (Å²) >= 11 is 0. The summed E-state index contributed by atoms with van der Waals surface area (Å²) in [5.41, 5.74) is 0. The molecule has 0 amide bonds. The molecule has 12 nitrogen and oxygen atoms in total. The van der Waals surface area contributed by atoms with Crippen molar-refractivity contribution in [3.8, 4) is 0 Å². The maximum absolute atomic E-state index is 13.2. The molecule has 1 fully saturated rings. The number of hydrogen-bond donors (Lipinski definition) is 3. The Morgan fingerprint density at radius 2 is 0.818 bits per heavy atom. The van der Waals surface area contributed by atoms with E-state index < -0.39 is 67.3 Å². The quantitative estimate of drug-likeness (QED) is 0.0228. The molecule has 1 saturated heterocycles. The standard InChI is InChI=1S/C65H108O12/c1-4-7-10-13-16-19-22-25-27-28-29-30-32-34-36-39-42-45-48-51-57(66)73-54-56(75-58(67)52-49-46-43-40-38-35-31-26-23-20-17-14-11-8-5-2)55-74-65-63(61(70)60(69)62(77-65)64(71)72)76-59(68)53-50-47-44-41-37-33-24-21-18-15-12-9-6-3/h7,10,16,19,21,24-27,29-31,34,36,56,60-63,65,69-70H,4-6,8-9,11-15,17-18,20,22-23,28,32-33,35,37-55H2,1-3H3,(H,71,72)/b10-7-,19-16-,24-21-,27-25-,30-29-,31-26-,36-34-. The number of carboxylic acid groups (broad SMARTS) is 1. The molecule has 0 aromatic heterocycles. The summed E-state index contributed by atoms with van der Waals surface area (Å²) in [4.78, 5) is 51.2. The molecular weight excluding hydrogens is 973 g/mol. The van der Waals surface area contributed by atoms with E-state index in [9.17, 15) is 34.5 Å². The Morgan fingerprint density at radius 3 is 1.29 bits per heavy atom. The van der Waals surface area contributed by atoms with Crippen molar-refractivity contribution in [2.75, 3.05) is 13.2 Å². The molecule has 0 radical (unpaired) electrons. The summed E-state index contributed by atoms with van der Waals surface area (Å²) in [5, 5.41) is 31.5. The van der Waals surface area contributed by atoms with Gasteiger partial charge in [-0.3, -0.25) is 14.4 Å². The van der Waals surface area contributed by atoms with Crippen molar-refractivity contribution in [2.24, 2.45) is 0 Å². The maximum atomic E-state index is 13.2. The van der Waals surface area contributed by atoms with Crippen LogP contribution in [0.15, 0.2) is 85.1 Å². The molecule has 3 N–H and O–H groups in total. The SMILES string of the molecule is CC/C=C\C/C=C\C/C=C\C/C=C\C/C=C\CCCCCC(=O)OCC(COC1OC(C(=O)O)C(O)C(O)C1OC(=O)CCCCCCC/C=C\CCCCCC)OC(=O)CCCCCCC/C=C\CCCCCCCC. The molecule has 0 aliphatic carbocycles. The van der Waals surface area contributed by atoms with Crippen LogP contribution in [0.5, 0.6) is 0 Å². The van der Waals surface area contributed by atoms with Crippen LogP contribution >= 0.6 is 0 Å². The number of carbonyl (C=O) groups excluding carboxylic acids is 3. The highest BCUT2D eigenvalue weighted by Crippen LogP contribution is 2.26. The summed E-state index contributed by atoms with van der Waals surface area (Å²) in [6, 6.07) is 0. The lowest BCUT2D eigenvalue weighted by molar-refractivity contribution is -0.301. The summed E-state index contributed by atoms with van der Waals surface area (Å²) in [6.45, 7) is 5.82. The van der Waals surface area contributed by atoms with Gasteiger partial charge in [-0.2, -0.15) is 0 Å². The predicted molar refractivity (Wildman–Crippen MR) is 312 cm³/mol. The predicted octanol–water partition coefficient (Wildman–Crippen LogP) is 15.9. The van der Waals surface area contributed by atoms with E-state index in [2.05, 4.69) is 106 Å². The Balaban J connectivity index is 2.72. The Hall–Kier alpha value is -4.10. The fourth-order valence-corrected chi connectivity index (χ4v) is 8.74. The topological polar surface area (TPSA) is 175 Å². The van der Waals surface area contributed by atoms with Gasteiger partial charge in [0.1, 0.15) is 18.8 Å². The molecule has 1 heterocycles. The number of carbonyl (C=O) groups is 4. The average Bonchev–Trinajstić information content (AvgIpc) is 3.42. The number of esters is 3. The summed E-state index contributed by atoms with van der Waals surface area (Å²) < 4.78 is 28.4. The van der Waals surface area contributed by atoms with Crippen LogP contribution in [0.1, 0.15) is 252 Å². The summed E-state index contributed by atoms with van der Waals surface area (Å²) in [6.07, 6.45) is 55.5. The van der Waals surface area contributed by atoms with Gasteiger partial charge in [-0.15, -0.1) is 0 Å². The van der Waals surface area contributed by atoms with E-state index in [0.29, 0.717) is 19.3 Å². The van der Waals surface area contributed by atoms with E-state index in [1.807, 2.05) is 0 Å². The molecule has 440 valence electrons. The van der Waals surface area contributed by atoms with Crippen LogP contribution in [0.4, 0.5) is 0 Å². The lowest BCUT2D eigenvalue weighted by atomic mass is 9.98. The zero-order valence-electron chi connectivity index (χ0n) is 48.4. The number of unbranched alkanes of at least 4 members (excludes halogenated alkanes) is 23. The molecule has 1 rings (SSSR count). The molecule has 1 aliphatic rings. The average molecular weight is 1080 g/mol. The van der Waals surface area contributed by atoms with Crippen molar-refractivity contribution in [3.05, 3.63) is 85.1 Å². The molecule has 0 aromatic carbocycles. The number of aliphatic hydroxyl groups is 2. The van der Waals surface area contributed by atoms with Crippen LogP contribution in [0.25, 0.3) is 0 Å². The van der Waals surface area contributed by atoms with Crippen molar-refractivity contribution in [1.29, 1.82) is 0 Å². The lowest BCUT2D eigenvalue weighted by Gasteiger charge is -2.40. The number of rotatable bonds is 51. The number of aliphatic hydroxyl groups excluding tert-OH is 2. The van der Waals surface area contributed by atoms with Gasteiger partial charge in [0.2, 0.25) is 0 Å². The van der Waals surface area contributed by atoms with Gasteiger partial charge in [-0.05, 0) is 116 Å². The summed E-state index contributed by atoms with van der Waals surface area (Å²) in [7, 11) is 0. The third-order valence-corrected chi connectivity index (χ3v) is 13.4. The molecule has 0 bridgehead atoms. The molecule has 0 spiro atoms. The fraction of sp³-hybridized carbons (Fsp3) is 0.723. The molecule has 0 saturated carbocycles. The fourth-order valence-electron chi connectivity index (χ4n) is 8.74. The first-order chi connectivity index (χ1) is 37.6. The lowest BCUT2D eigenvalue weighted by Crippen LogP contribution is -2.61. The zero-order valence-corrected chi connectivity index (χ0v) is 48.4. The smallest absolute Gasteiger partial charge is 0.335 e. The number of allylic oxidation sites excluding steroid dienone is 14. The highest BCUT2D eigenvalue weighted by atomic mass is 16.7. The van der Waals surface area contributed by atoms with Gasteiger partial charge in [0.15, 0.2) is 24.6 Å². The largest absolute Gasteiger partial charge is 0.479 e. The molecule has 6 unspecified atom stereocenters. The van der Waals surface area contributed by atoms with E-state index in [1.165, 1.54) is 64.2 Å². The van der Waals surface area contributed by atoms with Crippen LogP contribution in [0.3, 0.4) is 0 Å². The Bertz CT molecular complexity index is 1660. The molecule has 0 aromatic rings. The van der Waals surface area contributed by atoms with Crippen molar-refractivity contribution < 1.29 is 58.2 Å². The van der Waals surface area contributed by atoms with E-state index in [0.717, 1.165) is 128 Å². The first kappa shape index (κ1) is 70.9.